The zero-order valence-electron chi connectivity index (χ0n) is 12.0. The molecule has 1 saturated heterocycles. The molecule has 19 heavy (non-hydrogen) atoms. The maximum Gasteiger partial charge on any atom is 0.242 e. The highest BCUT2D eigenvalue weighted by Gasteiger charge is 2.23. The van der Waals surface area contributed by atoms with Gasteiger partial charge in [-0.15, -0.1) is 0 Å². The van der Waals surface area contributed by atoms with Crippen LogP contribution in [0.5, 0.6) is 0 Å². The zero-order valence-corrected chi connectivity index (χ0v) is 12.0. The molecule has 0 aromatic heterocycles. The third kappa shape index (κ3) is 6.02. The third-order valence-electron chi connectivity index (χ3n) is 3.02. The molecule has 2 unspecified atom stereocenters. The molecule has 0 spiro atoms. The van der Waals surface area contributed by atoms with Crippen molar-refractivity contribution >= 4 is 11.8 Å². The molecule has 3 N–H and O–H groups in total. The lowest BCUT2D eigenvalue weighted by molar-refractivity contribution is -0.131. The fourth-order valence-electron chi connectivity index (χ4n) is 2.09. The van der Waals surface area contributed by atoms with Crippen molar-refractivity contribution < 1.29 is 14.3 Å². The number of likely N-dealkylation sites (N-methyl/N-ethyl adjacent to an activating group) is 1. The highest BCUT2D eigenvalue weighted by Crippen LogP contribution is 2.07. The quantitative estimate of drug-likeness (QED) is 0.616. The standard InChI is InChI=1S/C13H25N3O3/c1-9(2)6-11(13(18)14-3)16-12(17)7-10-8-15-4-5-19-10/h9-11,15H,4-8H2,1-3H3,(H,14,18)(H,16,17). The summed E-state index contributed by atoms with van der Waals surface area (Å²) in [4.78, 5) is 23.6. The number of rotatable bonds is 6. The van der Waals surface area contributed by atoms with E-state index in [1.54, 1.807) is 7.05 Å². The highest BCUT2D eigenvalue weighted by molar-refractivity contribution is 5.87. The lowest BCUT2D eigenvalue weighted by Crippen LogP contribution is -2.48. The summed E-state index contributed by atoms with van der Waals surface area (Å²) in [5, 5.41) is 8.55. The van der Waals surface area contributed by atoms with Crippen molar-refractivity contribution in [3.8, 4) is 0 Å². The maximum absolute atomic E-state index is 11.9. The van der Waals surface area contributed by atoms with E-state index in [9.17, 15) is 9.59 Å². The molecule has 1 aliphatic heterocycles. The highest BCUT2D eigenvalue weighted by atomic mass is 16.5. The van der Waals surface area contributed by atoms with Crippen LogP contribution in [-0.4, -0.2) is 50.7 Å². The molecule has 110 valence electrons. The predicted octanol–water partition coefficient (Wildman–Crippen LogP) is -0.358. The Labute approximate surface area is 114 Å². The third-order valence-corrected chi connectivity index (χ3v) is 3.02. The Balaban J connectivity index is 2.43. The van der Waals surface area contributed by atoms with Crippen LogP contribution in [0.1, 0.15) is 26.7 Å². The topological polar surface area (TPSA) is 79.5 Å². The Morgan fingerprint density at radius 1 is 1.42 bits per heavy atom. The van der Waals surface area contributed by atoms with E-state index in [1.807, 2.05) is 13.8 Å². The first-order valence-electron chi connectivity index (χ1n) is 6.86. The lowest BCUT2D eigenvalue weighted by Gasteiger charge is -2.24. The molecule has 0 radical (unpaired) electrons. The molecule has 0 aromatic rings. The molecule has 1 heterocycles. The van der Waals surface area contributed by atoms with E-state index >= 15 is 0 Å². The van der Waals surface area contributed by atoms with Gasteiger partial charge in [-0.1, -0.05) is 13.8 Å². The van der Waals surface area contributed by atoms with E-state index in [0.29, 0.717) is 31.9 Å². The van der Waals surface area contributed by atoms with E-state index in [-0.39, 0.29) is 17.9 Å². The molecule has 1 aliphatic rings. The number of carbonyl (C=O) groups is 2. The van der Waals surface area contributed by atoms with E-state index in [0.717, 1.165) is 6.54 Å². The van der Waals surface area contributed by atoms with E-state index in [1.165, 1.54) is 0 Å². The molecule has 2 amide bonds. The van der Waals surface area contributed by atoms with Gasteiger partial charge in [-0.05, 0) is 12.3 Å². The molecule has 1 rings (SSSR count). The lowest BCUT2D eigenvalue weighted by atomic mass is 10.0. The van der Waals surface area contributed by atoms with Crippen molar-refractivity contribution in [1.29, 1.82) is 0 Å². The fraction of sp³-hybridized carbons (Fsp3) is 0.846. The van der Waals surface area contributed by atoms with Crippen LogP contribution >= 0.6 is 0 Å². The second kappa shape index (κ2) is 8.12. The van der Waals surface area contributed by atoms with Gasteiger partial charge in [-0.3, -0.25) is 9.59 Å². The van der Waals surface area contributed by atoms with Crippen molar-refractivity contribution in [2.45, 2.75) is 38.8 Å². The minimum Gasteiger partial charge on any atom is -0.375 e. The number of morpholine rings is 1. The Morgan fingerprint density at radius 2 is 2.16 bits per heavy atom. The average Bonchev–Trinajstić information content (AvgIpc) is 2.37. The zero-order chi connectivity index (χ0) is 14.3. The summed E-state index contributed by atoms with van der Waals surface area (Å²) < 4.78 is 5.47. The van der Waals surface area contributed by atoms with Gasteiger partial charge in [0.2, 0.25) is 11.8 Å². The molecule has 6 heteroatoms. The van der Waals surface area contributed by atoms with Crippen molar-refractivity contribution in [2.75, 3.05) is 26.7 Å². The van der Waals surface area contributed by atoms with E-state index in [4.69, 9.17) is 4.74 Å². The predicted molar refractivity (Wildman–Crippen MR) is 72.7 cm³/mol. The first-order chi connectivity index (χ1) is 9.02. The fourth-order valence-corrected chi connectivity index (χ4v) is 2.09. The van der Waals surface area contributed by atoms with E-state index < -0.39 is 6.04 Å². The molecular formula is C13H25N3O3. The molecule has 0 aliphatic carbocycles. The van der Waals surface area contributed by atoms with Crippen LogP contribution in [0.15, 0.2) is 0 Å². The minimum atomic E-state index is -0.464. The summed E-state index contributed by atoms with van der Waals surface area (Å²) in [7, 11) is 1.58. The normalized spacial score (nSPS) is 20.9. The number of ether oxygens (including phenoxy) is 1. The van der Waals surface area contributed by atoms with Crippen LogP contribution in [0, 0.1) is 5.92 Å². The molecule has 0 bridgehead atoms. The summed E-state index contributed by atoms with van der Waals surface area (Å²) in [5.74, 6) is 0.0582. The summed E-state index contributed by atoms with van der Waals surface area (Å²) in [6.07, 6.45) is 0.825. The van der Waals surface area contributed by atoms with Gasteiger partial charge in [0.25, 0.3) is 0 Å². The number of hydrogen-bond acceptors (Lipinski definition) is 4. The van der Waals surface area contributed by atoms with Crippen LogP contribution in [-0.2, 0) is 14.3 Å². The molecular weight excluding hydrogens is 246 g/mol. The number of nitrogens with one attached hydrogen (secondary N) is 3. The van der Waals surface area contributed by atoms with Gasteiger partial charge in [0, 0.05) is 20.1 Å². The summed E-state index contributed by atoms with van der Waals surface area (Å²) in [6.45, 7) is 6.18. The smallest absolute Gasteiger partial charge is 0.242 e. The number of hydrogen-bond donors (Lipinski definition) is 3. The number of carbonyl (C=O) groups excluding carboxylic acids is 2. The Bertz CT molecular complexity index is 302. The van der Waals surface area contributed by atoms with Gasteiger partial charge >= 0.3 is 0 Å². The molecule has 1 fully saturated rings. The first kappa shape index (κ1) is 15.9. The van der Waals surface area contributed by atoms with Crippen LogP contribution in [0.3, 0.4) is 0 Å². The van der Waals surface area contributed by atoms with Crippen LogP contribution < -0.4 is 16.0 Å². The summed E-state index contributed by atoms with van der Waals surface area (Å²) >= 11 is 0. The van der Waals surface area contributed by atoms with Gasteiger partial charge in [0.15, 0.2) is 0 Å². The minimum absolute atomic E-state index is 0.0989. The SMILES string of the molecule is CNC(=O)C(CC(C)C)NC(=O)CC1CNCCO1. The van der Waals surface area contributed by atoms with Gasteiger partial charge in [-0.25, -0.2) is 0 Å². The van der Waals surface area contributed by atoms with Crippen molar-refractivity contribution in [1.82, 2.24) is 16.0 Å². The molecule has 2 atom stereocenters. The Kier molecular flexibility index (Phi) is 6.80. The second-order valence-electron chi connectivity index (χ2n) is 5.26. The van der Waals surface area contributed by atoms with E-state index in [2.05, 4.69) is 16.0 Å². The van der Waals surface area contributed by atoms with Gasteiger partial charge < -0.3 is 20.7 Å². The summed E-state index contributed by atoms with van der Waals surface area (Å²) in [6, 6.07) is -0.464. The van der Waals surface area contributed by atoms with Crippen LogP contribution in [0.2, 0.25) is 0 Å². The van der Waals surface area contributed by atoms with Gasteiger partial charge in [0.1, 0.15) is 6.04 Å². The van der Waals surface area contributed by atoms with Crippen molar-refractivity contribution in [3.63, 3.8) is 0 Å². The Morgan fingerprint density at radius 3 is 2.68 bits per heavy atom. The molecule has 6 nitrogen and oxygen atoms in total. The summed E-state index contributed by atoms with van der Waals surface area (Å²) in [5.41, 5.74) is 0. The average molecular weight is 271 g/mol. The monoisotopic (exact) mass is 271 g/mol. The Hall–Kier alpha value is -1.14. The largest absolute Gasteiger partial charge is 0.375 e. The van der Waals surface area contributed by atoms with Crippen LogP contribution in [0.25, 0.3) is 0 Å². The first-order valence-corrected chi connectivity index (χ1v) is 6.86. The second-order valence-corrected chi connectivity index (χ2v) is 5.26. The molecule has 0 aromatic carbocycles. The van der Waals surface area contributed by atoms with Gasteiger partial charge in [-0.2, -0.15) is 0 Å². The number of amides is 2. The van der Waals surface area contributed by atoms with Crippen molar-refractivity contribution in [2.24, 2.45) is 5.92 Å². The van der Waals surface area contributed by atoms with Crippen LogP contribution in [0.4, 0.5) is 0 Å². The molecule has 0 saturated carbocycles. The maximum atomic E-state index is 11.9. The van der Waals surface area contributed by atoms with Crippen molar-refractivity contribution in [3.05, 3.63) is 0 Å². The van der Waals surface area contributed by atoms with Gasteiger partial charge in [0.05, 0.1) is 19.1 Å².